The molecule has 7 heteroatoms. The number of alkyl halides is 1. The van der Waals surface area contributed by atoms with Gasteiger partial charge in [0.05, 0.1) is 11.9 Å². The van der Waals surface area contributed by atoms with Gasteiger partial charge in [0.2, 0.25) is 5.95 Å². The number of nitrogens with two attached hydrogens (primary N) is 2. The van der Waals surface area contributed by atoms with Gasteiger partial charge < -0.3 is 16.2 Å². The summed E-state index contributed by atoms with van der Waals surface area (Å²) in [6.07, 6.45) is 1.59. The largest absolute Gasteiger partial charge is 0.462 e. The highest BCUT2D eigenvalue weighted by Crippen LogP contribution is 2.53. The number of ether oxygens (including phenoxy) is 1. The molecule has 0 bridgehead atoms. The molecule has 0 aromatic carbocycles. The van der Waals surface area contributed by atoms with Crippen molar-refractivity contribution in [2.45, 2.75) is 18.1 Å². The van der Waals surface area contributed by atoms with Crippen LogP contribution in [-0.2, 0) is 10.3 Å². The fourth-order valence-corrected chi connectivity index (χ4v) is 2.49. The number of halogens is 2. The predicted octanol–water partition coefficient (Wildman–Crippen LogP) is 0.701. The van der Waals surface area contributed by atoms with Crippen LogP contribution in [0.2, 0.25) is 0 Å². The summed E-state index contributed by atoms with van der Waals surface area (Å²) < 4.78 is 32.5. The average molecular weight is 254 g/mol. The van der Waals surface area contributed by atoms with Gasteiger partial charge in [0.15, 0.2) is 0 Å². The minimum absolute atomic E-state index is 0.0451. The lowest BCUT2D eigenvalue weighted by Gasteiger charge is -2.31. The number of fused-ring (bicyclic) bond motifs is 1. The number of hydrogen-bond donors (Lipinski definition) is 2. The zero-order valence-corrected chi connectivity index (χ0v) is 9.44. The summed E-state index contributed by atoms with van der Waals surface area (Å²) in [5.74, 6) is -0.987. The number of aromatic nitrogens is 1. The normalized spacial score (nSPS) is 33.3. The van der Waals surface area contributed by atoms with E-state index in [1.54, 1.807) is 0 Å². The Morgan fingerprint density at radius 1 is 1.50 bits per heavy atom. The number of amidine groups is 1. The van der Waals surface area contributed by atoms with Crippen LogP contribution in [0.25, 0.3) is 0 Å². The van der Waals surface area contributed by atoms with Crippen LogP contribution in [0.15, 0.2) is 17.3 Å². The third-order valence-electron chi connectivity index (χ3n) is 3.46. The SMILES string of the molecule is NC1=N[C@](CF)(c2cc(N)cnc2F)C2C[C@H]2O1. The Hall–Kier alpha value is -1.92. The van der Waals surface area contributed by atoms with Crippen molar-refractivity contribution < 1.29 is 13.5 Å². The Balaban J connectivity index is 2.16. The maximum atomic E-state index is 13.8. The van der Waals surface area contributed by atoms with Crippen LogP contribution >= 0.6 is 0 Å². The van der Waals surface area contributed by atoms with E-state index >= 15 is 0 Å². The van der Waals surface area contributed by atoms with E-state index in [-0.39, 0.29) is 29.3 Å². The van der Waals surface area contributed by atoms with E-state index < -0.39 is 18.2 Å². The van der Waals surface area contributed by atoms with Crippen LogP contribution in [0.1, 0.15) is 12.0 Å². The lowest BCUT2D eigenvalue weighted by molar-refractivity contribution is 0.167. The first-order chi connectivity index (χ1) is 8.56. The second kappa shape index (κ2) is 3.54. The van der Waals surface area contributed by atoms with Crippen molar-refractivity contribution in [3.8, 4) is 0 Å². The van der Waals surface area contributed by atoms with Gasteiger partial charge in [-0.25, -0.2) is 14.4 Å². The van der Waals surface area contributed by atoms with Gasteiger partial charge in [-0.05, 0) is 12.5 Å². The van der Waals surface area contributed by atoms with Crippen molar-refractivity contribution in [3.05, 3.63) is 23.8 Å². The predicted molar refractivity (Wildman–Crippen MR) is 60.9 cm³/mol. The summed E-state index contributed by atoms with van der Waals surface area (Å²) >= 11 is 0. The molecular weight excluding hydrogens is 242 g/mol. The topological polar surface area (TPSA) is 86.5 Å². The molecule has 2 heterocycles. The van der Waals surface area contributed by atoms with Crippen molar-refractivity contribution in [2.24, 2.45) is 16.6 Å². The van der Waals surface area contributed by atoms with Gasteiger partial charge in [-0.2, -0.15) is 4.39 Å². The molecule has 1 saturated carbocycles. The zero-order chi connectivity index (χ0) is 12.9. The molecule has 0 amide bonds. The summed E-state index contributed by atoms with van der Waals surface area (Å²) in [5, 5.41) is 0. The first-order valence-electron chi connectivity index (χ1n) is 5.56. The molecule has 3 atom stereocenters. The Morgan fingerprint density at radius 2 is 2.28 bits per heavy atom. The Morgan fingerprint density at radius 3 is 3.00 bits per heavy atom. The minimum Gasteiger partial charge on any atom is -0.462 e. The number of aliphatic imine (C=N–C) groups is 1. The summed E-state index contributed by atoms with van der Waals surface area (Å²) in [6.45, 7) is -0.861. The Kier molecular flexibility index (Phi) is 2.20. The number of nitrogen functional groups attached to an aromatic ring is 1. The quantitative estimate of drug-likeness (QED) is 0.761. The van der Waals surface area contributed by atoms with Crippen LogP contribution in [0.4, 0.5) is 14.5 Å². The number of nitrogens with zero attached hydrogens (tertiary/aromatic N) is 2. The summed E-state index contributed by atoms with van der Waals surface area (Å²) in [7, 11) is 0. The van der Waals surface area contributed by atoms with E-state index in [2.05, 4.69) is 9.98 Å². The van der Waals surface area contributed by atoms with Gasteiger partial charge in [-0.3, -0.25) is 0 Å². The molecule has 1 aromatic heterocycles. The number of hydrogen-bond acceptors (Lipinski definition) is 5. The van der Waals surface area contributed by atoms with Crippen LogP contribution in [0.5, 0.6) is 0 Å². The first-order valence-corrected chi connectivity index (χ1v) is 5.56. The van der Waals surface area contributed by atoms with Gasteiger partial charge in [-0.1, -0.05) is 0 Å². The van der Waals surface area contributed by atoms with Gasteiger partial charge >= 0.3 is 0 Å². The van der Waals surface area contributed by atoms with E-state index in [9.17, 15) is 8.78 Å². The lowest BCUT2D eigenvalue weighted by atomic mass is 9.86. The number of pyridine rings is 1. The molecule has 1 aliphatic carbocycles. The van der Waals surface area contributed by atoms with Crippen molar-refractivity contribution in [2.75, 3.05) is 12.4 Å². The maximum absolute atomic E-state index is 13.8. The molecule has 1 aliphatic heterocycles. The molecule has 4 N–H and O–H groups in total. The highest BCUT2D eigenvalue weighted by Gasteiger charge is 2.60. The van der Waals surface area contributed by atoms with Gasteiger partial charge in [0.25, 0.3) is 6.02 Å². The van der Waals surface area contributed by atoms with Gasteiger partial charge in [-0.15, -0.1) is 0 Å². The van der Waals surface area contributed by atoms with E-state index in [0.29, 0.717) is 6.42 Å². The minimum atomic E-state index is -1.35. The average Bonchev–Trinajstić information content (AvgIpc) is 3.10. The van der Waals surface area contributed by atoms with Gasteiger partial charge in [0.1, 0.15) is 18.3 Å². The van der Waals surface area contributed by atoms with Crippen LogP contribution in [0, 0.1) is 11.9 Å². The van der Waals surface area contributed by atoms with Crippen LogP contribution < -0.4 is 11.5 Å². The highest BCUT2D eigenvalue weighted by molar-refractivity contribution is 5.74. The molecule has 3 rings (SSSR count). The molecule has 1 unspecified atom stereocenters. The fraction of sp³-hybridized carbons (Fsp3) is 0.455. The standard InChI is InChI=1S/C11H12F2N4O/c12-4-11(6-2-8(6)18-10(15)17-11)7-1-5(14)3-16-9(7)13/h1,3,6,8H,2,4,14H2,(H2,15,17)/t6?,8-,11+/m1/s1. The molecule has 2 aliphatic rings. The van der Waals surface area contributed by atoms with E-state index in [4.69, 9.17) is 16.2 Å². The molecule has 18 heavy (non-hydrogen) atoms. The van der Waals surface area contributed by atoms with Crippen molar-refractivity contribution in [3.63, 3.8) is 0 Å². The summed E-state index contributed by atoms with van der Waals surface area (Å²) in [5.41, 5.74) is 10.1. The summed E-state index contributed by atoms with van der Waals surface area (Å²) in [6, 6.07) is 1.24. The van der Waals surface area contributed by atoms with Crippen molar-refractivity contribution in [1.82, 2.24) is 4.98 Å². The third-order valence-corrected chi connectivity index (χ3v) is 3.46. The smallest absolute Gasteiger partial charge is 0.283 e. The number of anilines is 1. The Bertz CT molecular complexity index is 536. The van der Waals surface area contributed by atoms with Gasteiger partial charge in [0, 0.05) is 11.5 Å². The molecule has 96 valence electrons. The molecule has 0 radical (unpaired) electrons. The van der Waals surface area contributed by atoms with Crippen LogP contribution in [0.3, 0.4) is 0 Å². The zero-order valence-electron chi connectivity index (χ0n) is 9.44. The van der Waals surface area contributed by atoms with Crippen molar-refractivity contribution in [1.29, 1.82) is 0 Å². The monoisotopic (exact) mass is 254 g/mol. The molecule has 0 saturated heterocycles. The van der Waals surface area contributed by atoms with E-state index in [1.807, 2.05) is 0 Å². The second-order valence-electron chi connectivity index (χ2n) is 4.61. The molecular formula is C11H12F2N4O. The third kappa shape index (κ3) is 1.43. The summed E-state index contributed by atoms with van der Waals surface area (Å²) in [4.78, 5) is 7.50. The first kappa shape index (κ1) is 11.2. The second-order valence-corrected chi connectivity index (χ2v) is 4.61. The highest BCUT2D eigenvalue weighted by atomic mass is 19.1. The van der Waals surface area contributed by atoms with E-state index in [1.165, 1.54) is 12.3 Å². The molecule has 1 aromatic rings. The molecule has 1 fully saturated rings. The van der Waals surface area contributed by atoms with Crippen molar-refractivity contribution >= 4 is 11.7 Å². The van der Waals surface area contributed by atoms with E-state index in [0.717, 1.165) is 0 Å². The fourth-order valence-electron chi connectivity index (χ4n) is 2.49. The lowest BCUT2D eigenvalue weighted by Crippen LogP contribution is -2.40. The molecule has 0 spiro atoms. The molecule has 5 nitrogen and oxygen atoms in total. The maximum Gasteiger partial charge on any atom is 0.283 e. The Labute approximate surface area is 102 Å². The number of rotatable bonds is 2. The van der Waals surface area contributed by atoms with Crippen LogP contribution in [-0.4, -0.2) is 23.8 Å².